The first-order valence-corrected chi connectivity index (χ1v) is 5.70. The van der Waals surface area contributed by atoms with Crippen molar-refractivity contribution in [3.8, 4) is 0 Å². The summed E-state index contributed by atoms with van der Waals surface area (Å²) in [6.07, 6.45) is 0.760. The molecule has 0 saturated carbocycles. The van der Waals surface area contributed by atoms with E-state index in [1.807, 2.05) is 6.92 Å². The number of carbonyl (C=O) groups is 1. The number of anilines is 2. The van der Waals surface area contributed by atoms with E-state index < -0.39 is 17.3 Å². The first-order chi connectivity index (χ1) is 8.56. The van der Waals surface area contributed by atoms with Crippen molar-refractivity contribution < 1.29 is 19.0 Å². The minimum Gasteiger partial charge on any atom is -0.478 e. The maximum absolute atomic E-state index is 13.4. The number of carboxylic acid groups (broad SMARTS) is 1. The zero-order valence-electron chi connectivity index (χ0n) is 10.2. The molecule has 0 heterocycles. The van der Waals surface area contributed by atoms with Crippen LogP contribution in [0.15, 0.2) is 12.1 Å². The van der Waals surface area contributed by atoms with Crippen LogP contribution in [0.25, 0.3) is 0 Å². The van der Waals surface area contributed by atoms with Crippen LogP contribution in [-0.2, 0) is 4.74 Å². The second-order valence-corrected chi connectivity index (χ2v) is 3.70. The molecular weight excluding hydrogens is 239 g/mol. The van der Waals surface area contributed by atoms with E-state index in [2.05, 4.69) is 5.32 Å². The number of halogens is 1. The Morgan fingerprint density at radius 2 is 2.28 bits per heavy atom. The summed E-state index contributed by atoms with van der Waals surface area (Å²) in [7, 11) is 0. The minimum absolute atomic E-state index is 0.213. The molecule has 0 aliphatic rings. The van der Waals surface area contributed by atoms with E-state index >= 15 is 0 Å². The third-order valence-corrected chi connectivity index (χ3v) is 2.35. The lowest BCUT2D eigenvalue weighted by Crippen LogP contribution is -2.09. The SMILES string of the molecule is CCOCCCNc1cc(F)c(C(=O)O)cc1N. The first-order valence-electron chi connectivity index (χ1n) is 5.70. The van der Waals surface area contributed by atoms with Gasteiger partial charge in [-0.2, -0.15) is 0 Å². The highest BCUT2D eigenvalue weighted by molar-refractivity contribution is 5.90. The van der Waals surface area contributed by atoms with Gasteiger partial charge in [0.15, 0.2) is 0 Å². The Kier molecular flexibility index (Phi) is 5.38. The topological polar surface area (TPSA) is 84.6 Å². The van der Waals surface area contributed by atoms with Crippen LogP contribution in [0, 0.1) is 5.82 Å². The molecule has 1 aromatic carbocycles. The van der Waals surface area contributed by atoms with Gasteiger partial charge in [-0.25, -0.2) is 9.18 Å². The molecule has 0 aliphatic heterocycles. The molecule has 0 bridgehead atoms. The third-order valence-electron chi connectivity index (χ3n) is 2.35. The van der Waals surface area contributed by atoms with Crippen molar-refractivity contribution in [1.29, 1.82) is 0 Å². The highest BCUT2D eigenvalue weighted by atomic mass is 19.1. The van der Waals surface area contributed by atoms with E-state index in [1.165, 1.54) is 0 Å². The first kappa shape index (κ1) is 14.2. The molecule has 0 amide bonds. The van der Waals surface area contributed by atoms with Gasteiger partial charge in [0.05, 0.1) is 16.9 Å². The van der Waals surface area contributed by atoms with Crippen LogP contribution >= 0.6 is 0 Å². The van der Waals surface area contributed by atoms with E-state index in [-0.39, 0.29) is 5.69 Å². The molecule has 4 N–H and O–H groups in total. The van der Waals surface area contributed by atoms with Gasteiger partial charge < -0.3 is 20.9 Å². The zero-order chi connectivity index (χ0) is 13.5. The second kappa shape index (κ2) is 6.80. The molecule has 1 rings (SSSR count). The summed E-state index contributed by atoms with van der Waals surface area (Å²) in [5.74, 6) is -2.13. The van der Waals surface area contributed by atoms with Gasteiger partial charge in [0.2, 0.25) is 0 Å². The lowest BCUT2D eigenvalue weighted by Gasteiger charge is -2.10. The summed E-state index contributed by atoms with van der Waals surface area (Å²) in [5.41, 5.74) is 5.83. The van der Waals surface area contributed by atoms with Gasteiger partial charge in [0.1, 0.15) is 5.82 Å². The van der Waals surface area contributed by atoms with Gasteiger partial charge in [0.25, 0.3) is 0 Å². The van der Waals surface area contributed by atoms with Crippen molar-refractivity contribution >= 4 is 17.3 Å². The van der Waals surface area contributed by atoms with E-state index in [4.69, 9.17) is 15.6 Å². The highest BCUT2D eigenvalue weighted by Gasteiger charge is 2.13. The number of nitrogen functional groups attached to an aromatic ring is 1. The smallest absolute Gasteiger partial charge is 0.338 e. The van der Waals surface area contributed by atoms with Gasteiger partial charge in [-0.3, -0.25) is 0 Å². The molecule has 5 nitrogen and oxygen atoms in total. The Bertz CT molecular complexity index is 424. The predicted molar refractivity (Wildman–Crippen MR) is 67.4 cm³/mol. The number of rotatable bonds is 7. The Morgan fingerprint density at radius 1 is 1.56 bits per heavy atom. The van der Waals surface area contributed by atoms with Crippen molar-refractivity contribution in [2.24, 2.45) is 0 Å². The summed E-state index contributed by atoms with van der Waals surface area (Å²) in [5, 5.41) is 11.7. The van der Waals surface area contributed by atoms with E-state index in [0.717, 1.165) is 18.6 Å². The Hall–Kier alpha value is -1.82. The standard InChI is InChI=1S/C12H17FN2O3/c1-2-18-5-3-4-15-11-7-9(13)8(12(16)17)6-10(11)14/h6-7,15H,2-5,14H2,1H3,(H,16,17). The molecule has 0 fully saturated rings. The van der Waals surface area contributed by atoms with Crippen molar-refractivity contribution in [3.05, 3.63) is 23.5 Å². The lowest BCUT2D eigenvalue weighted by molar-refractivity contribution is 0.0692. The minimum atomic E-state index is -1.33. The average Bonchev–Trinajstić information content (AvgIpc) is 2.32. The normalized spacial score (nSPS) is 10.3. The summed E-state index contributed by atoms with van der Waals surface area (Å²) >= 11 is 0. The fraction of sp³-hybridized carbons (Fsp3) is 0.417. The summed E-state index contributed by atoms with van der Waals surface area (Å²) in [4.78, 5) is 10.7. The van der Waals surface area contributed by atoms with Crippen molar-refractivity contribution in [1.82, 2.24) is 0 Å². The second-order valence-electron chi connectivity index (χ2n) is 3.70. The fourth-order valence-electron chi connectivity index (χ4n) is 1.45. The van der Waals surface area contributed by atoms with Gasteiger partial charge in [-0.15, -0.1) is 0 Å². The molecule has 100 valence electrons. The molecule has 0 atom stereocenters. The number of nitrogens with one attached hydrogen (secondary N) is 1. The quantitative estimate of drug-likeness (QED) is 0.513. The number of hydrogen-bond donors (Lipinski definition) is 3. The number of nitrogens with two attached hydrogens (primary N) is 1. The highest BCUT2D eigenvalue weighted by Crippen LogP contribution is 2.23. The van der Waals surface area contributed by atoms with Gasteiger partial charge >= 0.3 is 5.97 Å². The maximum Gasteiger partial charge on any atom is 0.338 e. The molecule has 0 spiro atoms. The van der Waals surface area contributed by atoms with Gasteiger partial charge in [0, 0.05) is 19.8 Å². The van der Waals surface area contributed by atoms with Crippen LogP contribution < -0.4 is 11.1 Å². The average molecular weight is 256 g/mol. The molecule has 0 saturated heterocycles. The van der Waals surface area contributed by atoms with E-state index in [0.29, 0.717) is 25.4 Å². The summed E-state index contributed by atoms with van der Waals surface area (Å²) in [6, 6.07) is 2.21. The number of aromatic carboxylic acids is 1. The van der Waals surface area contributed by atoms with E-state index in [1.54, 1.807) is 0 Å². The molecule has 18 heavy (non-hydrogen) atoms. The number of ether oxygens (including phenoxy) is 1. The Balaban J connectivity index is 2.62. The van der Waals surface area contributed by atoms with Crippen LogP contribution in [0.5, 0.6) is 0 Å². The molecule has 1 aromatic rings. The monoisotopic (exact) mass is 256 g/mol. The van der Waals surface area contributed by atoms with Crippen molar-refractivity contribution in [3.63, 3.8) is 0 Å². The number of benzene rings is 1. The maximum atomic E-state index is 13.4. The van der Waals surface area contributed by atoms with Crippen LogP contribution in [0.3, 0.4) is 0 Å². The predicted octanol–water partition coefficient (Wildman–Crippen LogP) is 1.94. The summed E-state index contributed by atoms with van der Waals surface area (Å²) in [6.45, 7) is 3.75. The number of hydrogen-bond acceptors (Lipinski definition) is 4. The Morgan fingerprint density at radius 3 is 2.89 bits per heavy atom. The van der Waals surface area contributed by atoms with E-state index in [9.17, 15) is 9.18 Å². The van der Waals surface area contributed by atoms with Crippen molar-refractivity contribution in [2.45, 2.75) is 13.3 Å². The molecular formula is C12H17FN2O3. The molecule has 0 radical (unpaired) electrons. The molecule has 0 unspecified atom stereocenters. The molecule has 0 aromatic heterocycles. The van der Waals surface area contributed by atoms with Crippen LogP contribution in [-0.4, -0.2) is 30.8 Å². The van der Waals surface area contributed by atoms with Crippen LogP contribution in [0.4, 0.5) is 15.8 Å². The summed E-state index contributed by atoms with van der Waals surface area (Å²) < 4.78 is 18.6. The van der Waals surface area contributed by atoms with Gasteiger partial charge in [-0.1, -0.05) is 0 Å². The number of carboxylic acids is 1. The molecule has 6 heteroatoms. The van der Waals surface area contributed by atoms with Crippen molar-refractivity contribution in [2.75, 3.05) is 30.8 Å². The lowest BCUT2D eigenvalue weighted by atomic mass is 10.1. The Labute approximate surface area is 105 Å². The largest absolute Gasteiger partial charge is 0.478 e. The van der Waals surface area contributed by atoms with Crippen LogP contribution in [0.1, 0.15) is 23.7 Å². The fourth-order valence-corrected chi connectivity index (χ4v) is 1.45. The van der Waals surface area contributed by atoms with Gasteiger partial charge in [-0.05, 0) is 25.5 Å². The third kappa shape index (κ3) is 3.89. The molecule has 0 aliphatic carbocycles. The van der Waals surface area contributed by atoms with Crippen LogP contribution in [0.2, 0.25) is 0 Å². The zero-order valence-corrected chi connectivity index (χ0v) is 10.2.